The standard InChI is InChI=1S/C14H12N2O3S2/c1-3-5-9(14(18)19)16-12(17)11-8(2)15-13(21-11)10-6-4-7-20-10/h1,4,6-7,9H,5H2,2H3,(H,16,17)(H,18,19). The zero-order valence-corrected chi connectivity index (χ0v) is 12.8. The van der Waals surface area contributed by atoms with Crippen LogP contribution in [0.3, 0.4) is 0 Å². The number of aromatic nitrogens is 1. The smallest absolute Gasteiger partial charge is 0.327 e. The van der Waals surface area contributed by atoms with Gasteiger partial charge in [-0.15, -0.1) is 35.0 Å². The van der Waals surface area contributed by atoms with Gasteiger partial charge in [-0.1, -0.05) is 6.07 Å². The van der Waals surface area contributed by atoms with Gasteiger partial charge in [-0.25, -0.2) is 9.78 Å². The Hall–Kier alpha value is -2.17. The summed E-state index contributed by atoms with van der Waals surface area (Å²) in [6.07, 6.45) is 5.05. The van der Waals surface area contributed by atoms with E-state index in [4.69, 9.17) is 11.5 Å². The molecule has 1 unspecified atom stereocenters. The number of terminal acetylenes is 1. The second-order valence-electron chi connectivity index (χ2n) is 4.18. The number of hydrogen-bond donors (Lipinski definition) is 2. The van der Waals surface area contributed by atoms with E-state index in [0.717, 1.165) is 9.88 Å². The number of carbonyl (C=O) groups excluding carboxylic acids is 1. The summed E-state index contributed by atoms with van der Waals surface area (Å²) in [4.78, 5) is 28.9. The minimum Gasteiger partial charge on any atom is -0.480 e. The van der Waals surface area contributed by atoms with E-state index in [1.807, 2.05) is 17.5 Å². The predicted molar refractivity (Wildman–Crippen MR) is 82.5 cm³/mol. The second kappa shape index (κ2) is 6.52. The van der Waals surface area contributed by atoms with Crippen molar-refractivity contribution in [3.63, 3.8) is 0 Å². The molecule has 0 aromatic carbocycles. The number of thiazole rings is 1. The maximum atomic E-state index is 12.2. The number of carboxylic acids is 1. The summed E-state index contributed by atoms with van der Waals surface area (Å²) in [5.74, 6) is 0.629. The molecule has 7 heteroatoms. The first kappa shape index (κ1) is 15.2. The highest BCUT2D eigenvalue weighted by Crippen LogP contribution is 2.31. The van der Waals surface area contributed by atoms with Crippen molar-refractivity contribution in [2.45, 2.75) is 19.4 Å². The second-order valence-corrected chi connectivity index (χ2v) is 6.13. The topological polar surface area (TPSA) is 79.3 Å². The van der Waals surface area contributed by atoms with Crippen LogP contribution in [-0.2, 0) is 4.79 Å². The number of aliphatic carboxylic acids is 1. The molecule has 0 fully saturated rings. The third-order valence-corrected chi connectivity index (χ3v) is 4.86. The van der Waals surface area contributed by atoms with Gasteiger partial charge in [0.25, 0.3) is 5.91 Å². The van der Waals surface area contributed by atoms with Gasteiger partial charge in [0, 0.05) is 6.42 Å². The Balaban J connectivity index is 2.20. The minimum absolute atomic E-state index is 0.0588. The summed E-state index contributed by atoms with van der Waals surface area (Å²) in [6, 6.07) is 2.74. The van der Waals surface area contributed by atoms with Crippen LogP contribution in [0.5, 0.6) is 0 Å². The number of carbonyl (C=O) groups is 2. The molecular formula is C14H12N2O3S2. The lowest BCUT2D eigenvalue weighted by Gasteiger charge is -2.10. The molecule has 0 saturated carbocycles. The Bertz CT molecular complexity index is 698. The molecule has 2 heterocycles. The van der Waals surface area contributed by atoms with Crippen molar-refractivity contribution < 1.29 is 14.7 Å². The van der Waals surface area contributed by atoms with E-state index < -0.39 is 17.9 Å². The van der Waals surface area contributed by atoms with Crippen molar-refractivity contribution in [3.05, 3.63) is 28.1 Å². The maximum absolute atomic E-state index is 12.2. The average Bonchev–Trinajstić information content (AvgIpc) is 3.06. The Labute approximate surface area is 129 Å². The highest BCUT2D eigenvalue weighted by atomic mass is 32.1. The van der Waals surface area contributed by atoms with Crippen molar-refractivity contribution in [1.82, 2.24) is 10.3 Å². The maximum Gasteiger partial charge on any atom is 0.327 e. The molecule has 1 amide bonds. The number of amides is 1. The normalized spacial score (nSPS) is 11.6. The molecule has 0 aliphatic rings. The lowest BCUT2D eigenvalue weighted by Crippen LogP contribution is -2.40. The van der Waals surface area contributed by atoms with Gasteiger partial charge >= 0.3 is 5.97 Å². The summed E-state index contributed by atoms with van der Waals surface area (Å²) < 4.78 is 0. The van der Waals surface area contributed by atoms with Crippen LogP contribution in [0.4, 0.5) is 0 Å². The van der Waals surface area contributed by atoms with Gasteiger partial charge in [0.2, 0.25) is 0 Å². The summed E-state index contributed by atoms with van der Waals surface area (Å²) in [6.45, 7) is 1.72. The van der Waals surface area contributed by atoms with Crippen molar-refractivity contribution in [3.8, 4) is 22.2 Å². The lowest BCUT2D eigenvalue weighted by molar-refractivity contribution is -0.139. The monoisotopic (exact) mass is 320 g/mol. The molecule has 2 rings (SSSR count). The highest BCUT2D eigenvalue weighted by Gasteiger charge is 2.23. The lowest BCUT2D eigenvalue weighted by atomic mass is 10.2. The zero-order valence-electron chi connectivity index (χ0n) is 11.1. The van der Waals surface area contributed by atoms with E-state index >= 15 is 0 Å². The van der Waals surface area contributed by atoms with Crippen LogP contribution in [0.2, 0.25) is 0 Å². The van der Waals surface area contributed by atoms with E-state index in [9.17, 15) is 9.59 Å². The Morgan fingerprint density at radius 3 is 2.90 bits per heavy atom. The molecular weight excluding hydrogens is 308 g/mol. The van der Waals surface area contributed by atoms with Gasteiger partial charge < -0.3 is 10.4 Å². The number of carboxylic acid groups (broad SMARTS) is 1. The van der Waals surface area contributed by atoms with E-state index in [2.05, 4.69) is 16.2 Å². The number of hydrogen-bond acceptors (Lipinski definition) is 5. The Morgan fingerprint density at radius 2 is 2.33 bits per heavy atom. The molecule has 108 valence electrons. The van der Waals surface area contributed by atoms with Crippen LogP contribution in [0.1, 0.15) is 21.8 Å². The summed E-state index contributed by atoms with van der Waals surface area (Å²) >= 11 is 2.77. The number of nitrogens with zero attached hydrogens (tertiary/aromatic N) is 1. The summed E-state index contributed by atoms with van der Waals surface area (Å²) in [5, 5.41) is 14.1. The number of rotatable bonds is 5. The first-order valence-electron chi connectivity index (χ1n) is 6.01. The summed E-state index contributed by atoms with van der Waals surface area (Å²) in [7, 11) is 0. The number of aryl methyl sites for hydroxylation is 1. The molecule has 2 aromatic rings. The van der Waals surface area contributed by atoms with Gasteiger partial charge in [0.15, 0.2) is 0 Å². The number of nitrogens with one attached hydrogen (secondary N) is 1. The van der Waals surface area contributed by atoms with E-state index in [-0.39, 0.29) is 6.42 Å². The van der Waals surface area contributed by atoms with Gasteiger partial charge in [-0.2, -0.15) is 0 Å². The van der Waals surface area contributed by atoms with Crippen molar-refractivity contribution >= 4 is 34.6 Å². The van der Waals surface area contributed by atoms with Crippen LogP contribution in [0.15, 0.2) is 17.5 Å². The van der Waals surface area contributed by atoms with Gasteiger partial charge in [0.1, 0.15) is 15.9 Å². The average molecular weight is 320 g/mol. The van der Waals surface area contributed by atoms with Crippen LogP contribution < -0.4 is 5.32 Å². The molecule has 0 aliphatic heterocycles. The molecule has 0 spiro atoms. The van der Waals surface area contributed by atoms with Crippen LogP contribution >= 0.6 is 22.7 Å². The van der Waals surface area contributed by atoms with E-state index in [0.29, 0.717) is 10.6 Å². The summed E-state index contributed by atoms with van der Waals surface area (Å²) in [5.41, 5.74) is 0.575. The molecule has 21 heavy (non-hydrogen) atoms. The first-order valence-corrected chi connectivity index (χ1v) is 7.71. The molecule has 5 nitrogen and oxygen atoms in total. The van der Waals surface area contributed by atoms with Gasteiger partial charge in [0.05, 0.1) is 10.6 Å². The number of thiophene rings is 1. The van der Waals surface area contributed by atoms with Crippen molar-refractivity contribution in [2.24, 2.45) is 0 Å². The third kappa shape index (κ3) is 3.48. The van der Waals surface area contributed by atoms with Crippen LogP contribution in [-0.4, -0.2) is 28.0 Å². The SMILES string of the molecule is C#CCC(NC(=O)c1sc(-c2cccs2)nc1C)C(=O)O. The third-order valence-electron chi connectivity index (χ3n) is 2.66. The largest absolute Gasteiger partial charge is 0.480 e. The first-order chi connectivity index (χ1) is 10.0. The van der Waals surface area contributed by atoms with Crippen LogP contribution in [0.25, 0.3) is 9.88 Å². The van der Waals surface area contributed by atoms with Gasteiger partial charge in [-0.05, 0) is 18.4 Å². The molecule has 2 N–H and O–H groups in total. The fourth-order valence-corrected chi connectivity index (χ4v) is 3.42. The zero-order chi connectivity index (χ0) is 15.4. The minimum atomic E-state index is -1.15. The molecule has 2 aromatic heterocycles. The fraction of sp³-hybridized carbons (Fsp3) is 0.214. The Morgan fingerprint density at radius 1 is 1.57 bits per heavy atom. The molecule has 1 atom stereocenters. The van der Waals surface area contributed by atoms with E-state index in [1.165, 1.54) is 22.7 Å². The molecule has 0 bridgehead atoms. The molecule has 0 saturated heterocycles. The molecule has 0 radical (unpaired) electrons. The Kier molecular flexibility index (Phi) is 4.73. The van der Waals surface area contributed by atoms with Crippen LogP contribution in [0, 0.1) is 19.3 Å². The fourth-order valence-electron chi connectivity index (χ4n) is 1.65. The van der Waals surface area contributed by atoms with Crippen molar-refractivity contribution in [2.75, 3.05) is 0 Å². The molecule has 0 aliphatic carbocycles. The quantitative estimate of drug-likeness (QED) is 0.829. The predicted octanol–water partition coefficient (Wildman–Crippen LogP) is 2.39. The highest BCUT2D eigenvalue weighted by molar-refractivity contribution is 7.22. The van der Waals surface area contributed by atoms with Gasteiger partial charge in [-0.3, -0.25) is 4.79 Å². The van der Waals surface area contributed by atoms with Crippen molar-refractivity contribution in [1.29, 1.82) is 0 Å². The van der Waals surface area contributed by atoms with E-state index in [1.54, 1.807) is 6.92 Å².